The molecular weight excluding hydrogens is 414 g/mol. The lowest BCUT2D eigenvalue weighted by Gasteiger charge is -2.15. The van der Waals surface area contributed by atoms with E-state index < -0.39 is 0 Å². The van der Waals surface area contributed by atoms with E-state index in [1.54, 1.807) is 43.5 Å². The maximum absolute atomic E-state index is 12.4. The Bertz CT molecular complexity index is 1020. The molecule has 0 radical (unpaired) electrons. The van der Waals surface area contributed by atoms with Crippen molar-refractivity contribution in [3.05, 3.63) is 66.0 Å². The van der Waals surface area contributed by atoms with Crippen LogP contribution >= 0.6 is 11.8 Å². The Balaban J connectivity index is 1.59. The van der Waals surface area contributed by atoms with Crippen molar-refractivity contribution in [2.75, 3.05) is 18.2 Å². The SMILES string of the molecule is CCn1c(SCC(=O)Nc2ccc(OC)cc2)nnc1C(C)NC(=O)c1ccccc1. The number of ether oxygens (including phenoxy) is 1. The zero-order valence-electron chi connectivity index (χ0n) is 17.7. The van der Waals surface area contributed by atoms with Gasteiger partial charge in [0.05, 0.1) is 18.9 Å². The van der Waals surface area contributed by atoms with Crippen molar-refractivity contribution < 1.29 is 14.3 Å². The molecule has 0 saturated heterocycles. The minimum atomic E-state index is -0.331. The first-order valence-electron chi connectivity index (χ1n) is 9.87. The minimum absolute atomic E-state index is 0.146. The van der Waals surface area contributed by atoms with Crippen molar-refractivity contribution in [1.82, 2.24) is 20.1 Å². The van der Waals surface area contributed by atoms with Crippen LogP contribution in [0, 0.1) is 0 Å². The molecule has 2 N–H and O–H groups in total. The van der Waals surface area contributed by atoms with Gasteiger partial charge in [0.1, 0.15) is 5.75 Å². The summed E-state index contributed by atoms with van der Waals surface area (Å²) in [4.78, 5) is 24.7. The average Bonchev–Trinajstić information content (AvgIpc) is 3.22. The first kappa shape index (κ1) is 22.4. The van der Waals surface area contributed by atoms with Crippen molar-refractivity contribution in [2.45, 2.75) is 31.6 Å². The maximum atomic E-state index is 12.4. The molecule has 0 aliphatic carbocycles. The highest BCUT2D eigenvalue weighted by Gasteiger charge is 2.20. The van der Waals surface area contributed by atoms with Gasteiger partial charge in [-0.1, -0.05) is 30.0 Å². The number of aromatic nitrogens is 3. The summed E-state index contributed by atoms with van der Waals surface area (Å²) in [6.07, 6.45) is 0. The van der Waals surface area contributed by atoms with Gasteiger partial charge in [-0.25, -0.2) is 0 Å². The molecule has 0 aliphatic rings. The van der Waals surface area contributed by atoms with Crippen molar-refractivity contribution in [3.63, 3.8) is 0 Å². The molecule has 1 aromatic heterocycles. The molecule has 1 unspecified atom stereocenters. The summed E-state index contributed by atoms with van der Waals surface area (Å²) < 4.78 is 7.02. The van der Waals surface area contributed by atoms with E-state index in [9.17, 15) is 9.59 Å². The molecule has 0 aliphatic heterocycles. The number of methoxy groups -OCH3 is 1. The van der Waals surface area contributed by atoms with Crippen molar-refractivity contribution >= 4 is 29.3 Å². The maximum Gasteiger partial charge on any atom is 0.251 e. The molecule has 2 aromatic carbocycles. The third-order valence-electron chi connectivity index (χ3n) is 4.54. The first-order valence-corrected chi connectivity index (χ1v) is 10.9. The lowest BCUT2D eigenvalue weighted by Crippen LogP contribution is -2.28. The standard InChI is InChI=1S/C22H25N5O3S/c1-4-27-20(15(2)23-21(29)16-8-6-5-7-9-16)25-26-22(27)31-14-19(28)24-17-10-12-18(30-3)13-11-17/h5-13,15H,4,14H2,1-3H3,(H,23,29)(H,24,28). The number of hydrogen-bond donors (Lipinski definition) is 2. The molecule has 0 spiro atoms. The minimum Gasteiger partial charge on any atom is -0.497 e. The molecule has 9 heteroatoms. The number of anilines is 1. The second-order valence-corrected chi connectivity index (χ2v) is 7.65. The van der Waals surface area contributed by atoms with Crippen molar-refractivity contribution in [2.24, 2.45) is 0 Å². The van der Waals surface area contributed by atoms with Gasteiger partial charge in [-0.3, -0.25) is 9.59 Å². The van der Waals surface area contributed by atoms with Gasteiger partial charge in [0.2, 0.25) is 5.91 Å². The van der Waals surface area contributed by atoms with Gasteiger partial charge < -0.3 is 19.9 Å². The van der Waals surface area contributed by atoms with E-state index in [0.29, 0.717) is 28.8 Å². The van der Waals surface area contributed by atoms with Crippen LogP contribution in [0.15, 0.2) is 59.8 Å². The molecule has 31 heavy (non-hydrogen) atoms. The quantitative estimate of drug-likeness (QED) is 0.495. The smallest absolute Gasteiger partial charge is 0.251 e. The zero-order valence-corrected chi connectivity index (χ0v) is 18.5. The molecule has 0 fully saturated rings. The average molecular weight is 440 g/mol. The Kier molecular flexibility index (Phi) is 7.66. The number of hydrogen-bond acceptors (Lipinski definition) is 6. The van der Waals surface area contributed by atoms with E-state index in [0.717, 1.165) is 5.75 Å². The molecule has 0 bridgehead atoms. The molecule has 2 amide bonds. The fraction of sp³-hybridized carbons (Fsp3) is 0.273. The Hall–Kier alpha value is -3.33. The second-order valence-electron chi connectivity index (χ2n) is 6.71. The van der Waals surface area contributed by atoms with Crippen LogP contribution in [-0.2, 0) is 11.3 Å². The summed E-state index contributed by atoms with van der Waals surface area (Å²) in [5, 5.41) is 14.9. The number of carbonyl (C=O) groups is 2. The summed E-state index contributed by atoms with van der Waals surface area (Å²) in [6, 6.07) is 15.8. The molecule has 3 rings (SSSR count). The molecule has 3 aromatic rings. The monoisotopic (exact) mass is 439 g/mol. The molecular formula is C22H25N5O3S. The topological polar surface area (TPSA) is 98.1 Å². The predicted octanol–water partition coefficient (Wildman–Crippen LogP) is 3.53. The predicted molar refractivity (Wildman–Crippen MR) is 120 cm³/mol. The summed E-state index contributed by atoms with van der Waals surface area (Å²) in [5.41, 5.74) is 1.28. The lowest BCUT2D eigenvalue weighted by molar-refractivity contribution is -0.113. The number of nitrogens with one attached hydrogen (secondary N) is 2. The van der Waals surface area contributed by atoms with Gasteiger partial charge in [-0.2, -0.15) is 0 Å². The Labute approximate surface area is 185 Å². The number of amides is 2. The molecule has 8 nitrogen and oxygen atoms in total. The number of carbonyl (C=O) groups excluding carboxylic acids is 2. The van der Waals surface area contributed by atoms with Crippen LogP contribution in [0.4, 0.5) is 5.69 Å². The summed E-state index contributed by atoms with van der Waals surface area (Å²) in [6.45, 7) is 4.46. The van der Waals surface area contributed by atoms with Gasteiger partial charge in [0, 0.05) is 17.8 Å². The van der Waals surface area contributed by atoms with Crippen LogP contribution in [-0.4, -0.2) is 39.4 Å². The molecule has 1 heterocycles. The molecule has 0 saturated carbocycles. The number of rotatable bonds is 9. The van der Waals surface area contributed by atoms with Crippen molar-refractivity contribution in [3.8, 4) is 5.75 Å². The van der Waals surface area contributed by atoms with E-state index >= 15 is 0 Å². The van der Waals surface area contributed by atoms with Gasteiger partial charge >= 0.3 is 0 Å². The summed E-state index contributed by atoms with van der Waals surface area (Å²) in [5.74, 6) is 1.24. The fourth-order valence-electron chi connectivity index (χ4n) is 2.96. The van der Waals surface area contributed by atoms with E-state index in [2.05, 4.69) is 20.8 Å². The summed E-state index contributed by atoms with van der Waals surface area (Å²) >= 11 is 1.30. The molecule has 162 valence electrons. The Morgan fingerprint density at radius 1 is 1.10 bits per heavy atom. The fourth-order valence-corrected chi connectivity index (χ4v) is 3.77. The van der Waals surface area contributed by atoms with Gasteiger partial charge in [0.15, 0.2) is 11.0 Å². The van der Waals surface area contributed by atoms with E-state index in [1.165, 1.54) is 11.8 Å². The van der Waals surface area contributed by atoms with Crippen LogP contribution in [0.5, 0.6) is 5.75 Å². The first-order chi connectivity index (χ1) is 15.0. The van der Waals surface area contributed by atoms with Crippen LogP contribution in [0.3, 0.4) is 0 Å². The number of benzene rings is 2. The van der Waals surface area contributed by atoms with Crippen molar-refractivity contribution in [1.29, 1.82) is 0 Å². The third-order valence-corrected chi connectivity index (χ3v) is 5.51. The lowest BCUT2D eigenvalue weighted by atomic mass is 10.2. The van der Waals surface area contributed by atoms with Crippen LogP contribution < -0.4 is 15.4 Å². The van der Waals surface area contributed by atoms with Gasteiger partial charge in [0.25, 0.3) is 5.91 Å². The van der Waals surface area contributed by atoms with E-state index in [4.69, 9.17) is 4.74 Å². The largest absolute Gasteiger partial charge is 0.497 e. The highest BCUT2D eigenvalue weighted by molar-refractivity contribution is 7.99. The second kappa shape index (κ2) is 10.6. The highest BCUT2D eigenvalue weighted by atomic mass is 32.2. The zero-order chi connectivity index (χ0) is 22.2. The Morgan fingerprint density at radius 2 is 1.81 bits per heavy atom. The van der Waals surface area contributed by atoms with E-state index in [1.807, 2.05) is 36.6 Å². The third kappa shape index (κ3) is 5.85. The highest BCUT2D eigenvalue weighted by Crippen LogP contribution is 2.21. The van der Waals surface area contributed by atoms with Crippen LogP contribution in [0.1, 0.15) is 36.1 Å². The number of nitrogens with zero attached hydrogens (tertiary/aromatic N) is 3. The van der Waals surface area contributed by atoms with Crippen LogP contribution in [0.25, 0.3) is 0 Å². The number of thioether (sulfide) groups is 1. The van der Waals surface area contributed by atoms with E-state index in [-0.39, 0.29) is 23.6 Å². The molecule has 1 atom stereocenters. The Morgan fingerprint density at radius 3 is 2.45 bits per heavy atom. The van der Waals surface area contributed by atoms with Gasteiger partial charge in [-0.05, 0) is 50.2 Å². The van der Waals surface area contributed by atoms with Gasteiger partial charge in [-0.15, -0.1) is 10.2 Å². The summed E-state index contributed by atoms with van der Waals surface area (Å²) in [7, 11) is 1.59. The van der Waals surface area contributed by atoms with Crippen LogP contribution in [0.2, 0.25) is 0 Å². The normalized spacial score (nSPS) is 11.6.